The predicted molar refractivity (Wildman–Crippen MR) is 87.7 cm³/mol. The Morgan fingerprint density at radius 1 is 1.15 bits per heavy atom. The number of halogens is 1. The third-order valence-corrected chi connectivity index (χ3v) is 3.93. The van der Waals surface area contributed by atoms with Gasteiger partial charge in [0.2, 0.25) is 0 Å². The number of nitrogens with two attached hydrogens (primary N) is 1. The molecule has 1 aromatic carbocycles. The van der Waals surface area contributed by atoms with Gasteiger partial charge in [0.1, 0.15) is 5.75 Å². The van der Waals surface area contributed by atoms with E-state index in [9.17, 15) is 0 Å². The summed E-state index contributed by atoms with van der Waals surface area (Å²) in [4.78, 5) is 0. The van der Waals surface area contributed by atoms with E-state index in [4.69, 9.17) is 22.1 Å². The molecule has 1 unspecified atom stereocenters. The first-order valence-corrected chi connectivity index (χ1v) is 8.22. The molecule has 1 atom stereocenters. The maximum Gasteiger partial charge on any atom is 0.124 e. The zero-order valence-corrected chi connectivity index (χ0v) is 13.6. The van der Waals surface area contributed by atoms with Gasteiger partial charge in [0.25, 0.3) is 0 Å². The van der Waals surface area contributed by atoms with E-state index in [0.29, 0.717) is 0 Å². The first-order chi connectivity index (χ1) is 9.69. The van der Waals surface area contributed by atoms with Gasteiger partial charge in [0.15, 0.2) is 0 Å². The number of hydrogen-bond acceptors (Lipinski definition) is 2. The molecule has 0 bridgehead atoms. The Labute approximate surface area is 128 Å². The highest BCUT2D eigenvalue weighted by Crippen LogP contribution is 2.28. The Balaban J connectivity index is 2.49. The van der Waals surface area contributed by atoms with Gasteiger partial charge in [-0.2, -0.15) is 0 Å². The summed E-state index contributed by atoms with van der Waals surface area (Å²) in [6.07, 6.45) is 7.94. The lowest BCUT2D eigenvalue weighted by atomic mass is 10.0. The fraction of sp³-hybridized carbons (Fsp3) is 0.647. The van der Waals surface area contributed by atoms with E-state index in [2.05, 4.69) is 13.8 Å². The first kappa shape index (κ1) is 17.3. The highest BCUT2D eigenvalue weighted by atomic mass is 35.5. The van der Waals surface area contributed by atoms with Crippen molar-refractivity contribution in [3.8, 4) is 5.75 Å². The molecule has 0 saturated heterocycles. The van der Waals surface area contributed by atoms with Crippen molar-refractivity contribution in [3.05, 3.63) is 28.8 Å². The molecule has 0 radical (unpaired) electrons. The number of hydrogen-bond donors (Lipinski definition) is 1. The summed E-state index contributed by atoms with van der Waals surface area (Å²) in [6.45, 7) is 5.08. The van der Waals surface area contributed by atoms with Crippen LogP contribution in [0.3, 0.4) is 0 Å². The number of benzene rings is 1. The Bertz CT molecular complexity index is 381. The normalized spacial score (nSPS) is 12.4. The second-order valence-electron chi connectivity index (χ2n) is 5.35. The molecule has 20 heavy (non-hydrogen) atoms. The van der Waals surface area contributed by atoms with Gasteiger partial charge in [-0.15, -0.1) is 0 Å². The second-order valence-corrected chi connectivity index (χ2v) is 5.76. The molecule has 0 heterocycles. The Kier molecular flexibility index (Phi) is 8.72. The van der Waals surface area contributed by atoms with Crippen LogP contribution in [0, 0.1) is 0 Å². The van der Waals surface area contributed by atoms with Crippen molar-refractivity contribution < 1.29 is 4.74 Å². The van der Waals surface area contributed by atoms with Crippen molar-refractivity contribution in [1.82, 2.24) is 0 Å². The molecule has 2 nitrogen and oxygen atoms in total. The number of ether oxygens (including phenoxy) is 1. The molecule has 114 valence electrons. The van der Waals surface area contributed by atoms with Crippen LogP contribution in [0.1, 0.15) is 57.9 Å². The van der Waals surface area contributed by atoms with Gasteiger partial charge in [-0.3, -0.25) is 0 Å². The van der Waals surface area contributed by atoms with Gasteiger partial charge >= 0.3 is 0 Å². The van der Waals surface area contributed by atoms with E-state index in [1.165, 1.54) is 25.7 Å². The third kappa shape index (κ3) is 6.15. The minimum atomic E-state index is 0.141. The zero-order chi connectivity index (χ0) is 14.8. The first-order valence-electron chi connectivity index (χ1n) is 7.84. The van der Waals surface area contributed by atoms with Crippen molar-refractivity contribution in [2.24, 2.45) is 5.73 Å². The van der Waals surface area contributed by atoms with Crippen LogP contribution in [0.25, 0.3) is 0 Å². The summed E-state index contributed by atoms with van der Waals surface area (Å²) in [5.74, 6) is 0.900. The smallest absolute Gasteiger partial charge is 0.124 e. The Morgan fingerprint density at radius 3 is 2.60 bits per heavy atom. The topological polar surface area (TPSA) is 35.2 Å². The van der Waals surface area contributed by atoms with Gasteiger partial charge in [-0.25, -0.2) is 0 Å². The second kappa shape index (κ2) is 10.1. The van der Waals surface area contributed by atoms with Crippen LogP contribution in [-0.4, -0.2) is 12.6 Å². The van der Waals surface area contributed by atoms with Gasteiger partial charge in [0.05, 0.1) is 6.61 Å². The van der Waals surface area contributed by atoms with Gasteiger partial charge in [-0.1, -0.05) is 57.2 Å². The molecule has 0 aromatic heterocycles. The van der Waals surface area contributed by atoms with Crippen LogP contribution < -0.4 is 10.5 Å². The molecule has 0 aliphatic rings. The number of rotatable bonds is 10. The standard InChI is InChI=1S/C17H28ClNO/c1-3-5-6-7-8-12-20-17-11-9-10-16(18)15(17)13-14(19)4-2/h9-11,14H,3-8,12-13,19H2,1-2H3. The molecule has 3 heteroatoms. The van der Waals surface area contributed by atoms with E-state index in [1.807, 2.05) is 18.2 Å². The lowest BCUT2D eigenvalue weighted by molar-refractivity contribution is 0.301. The van der Waals surface area contributed by atoms with E-state index < -0.39 is 0 Å². The molecular weight excluding hydrogens is 270 g/mol. The monoisotopic (exact) mass is 297 g/mol. The van der Waals surface area contributed by atoms with Crippen LogP contribution in [0.4, 0.5) is 0 Å². The summed E-state index contributed by atoms with van der Waals surface area (Å²) in [5, 5.41) is 0.761. The molecule has 0 fully saturated rings. The van der Waals surface area contributed by atoms with Crippen LogP contribution in [-0.2, 0) is 6.42 Å². The maximum absolute atomic E-state index is 6.28. The third-order valence-electron chi connectivity index (χ3n) is 3.57. The maximum atomic E-state index is 6.28. The van der Waals surface area contributed by atoms with Crippen molar-refractivity contribution >= 4 is 11.6 Å². The molecule has 0 spiro atoms. The quantitative estimate of drug-likeness (QED) is 0.619. The molecule has 0 aliphatic heterocycles. The molecule has 0 amide bonds. The van der Waals surface area contributed by atoms with Crippen LogP contribution in [0.5, 0.6) is 5.75 Å². The van der Waals surface area contributed by atoms with Crippen molar-refractivity contribution in [2.45, 2.75) is 64.8 Å². The van der Waals surface area contributed by atoms with Crippen molar-refractivity contribution in [3.63, 3.8) is 0 Å². The molecule has 0 aliphatic carbocycles. The van der Waals surface area contributed by atoms with Crippen LogP contribution in [0.2, 0.25) is 5.02 Å². The molecule has 1 aromatic rings. The highest BCUT2D eigenvalue weighted by Gasteiger charge is 2.11. The fourth-order valence-corrected chi connectivity index (χ4v) is 2.41. The molecular formula is C17H28ClNO. The SMILES string of the molecule is CCCCCCCOc1cccc(Cl)c1CC(N)CC. The van der Waals surface area contributed by atoms with E-state index >= 15 is 0 Å². The average molecular weight is 298 g/mol. The largest absolute Gasteiger partial charge is 0.493 e. The summed E-state index contributed by atoms with van der Waals surface area (Å²) in [6, 6.07) is 5.99. The minimum absolute atomic E-state index is 0.141. The molecule has 2 N–H and O–H groups in total. The summed E-state index contributed by atoms with van der Waals surface area (Å²) in [7, 11) is 0. The average Bonchev–Trinajstić information content (AvgIpc) is 2.45. The summed E-state index contributed by atoms with van der Waals surface area (Å²) < 4.78 is 5.90. The van der Waals surface area contributed by atoms with Crippen molar-refractivity contribution in [1.29, 1.82) is 0 Å². The van der Waals surface area contributed by atoms with E-state index in [-0.39, 0.29) is 6.04 Å². The Hall–Kier alpha value is -0.730. The molecule has 0 saturated carbocycles. The van der Waals surface area contributed by atoms with Gasteiger partial charge < -0.3 is 10.5 Å². The van der Waals surface area contributed by atoms with Crippen molar-refractivity contribution in [2.75, 3.05) is 6.61 Å². The zero-order valence-electron chi connectivity index (χ0n) is 12.8. The van der Waals surface area contributed by atoms with Gasteiger partial charge in [0, 0.05) is 16.6 Å². The highest BCUT2D eigenvalue weighted by molar-refractivity contribution is 6.31. The molecule has 1 rings (SSSR count). The van der Waals surface area contributed by atoms with Crippen LogP contribution >= 0.6 is 11.6 Å². The summed E-state index contributed by atoms with van der Waals surface area (Å²) >= 11 is 6.28. The lowest BCUT2D eigenvalue weighted by Crippen LogP contribution is -2.22. The van der Waals surface area contributed by atoms with Crippen LogP contribution in [0.15, 0.2) is 18.2 Å². The minimum Gasteiger partial charge on any atom is -0.493 e. The lowest BCUT2D eigenvalue weighted by Gasteiger charge is -2.15. The fourth-order valence-electron chi connectivity index (χ4n) is 2.17. The van der Waals surface area contributed by atoms with E-state index in [0.717, 1.165) is 42.2 Å². The predicted octanol–water partition coefficient (Wildman–Crippen LogP) is 4.97. The van der Waals surface area contributed by atoms with E-state index in [1.54, 1.807) is 0 Å². The van der Waals surface area contributed by atoms with Gasteiger partial charge in [-0.05, 0) is 31.4 Å². The number of unbranched alkanes of at least 4 members (excludes halogenated alkanes) is 4. The Morgan fingerprint density at radius 2 is 1.90 bits per heavy atom. The summed E-state index contributed by atoms with van der Waals surface area (Å²) in [5.41, 5.74) is 7.09.